The van der Waals surface area contributed by atoms with Crippen LogP contribution in [0.1, 0.15) is 30.5 Å². The van der Waals surface area contributed by atoms with Crippen molar-refractivity contribution in [1.82, 2.24) is 0 Å². The van der Waals surface area contributed by atoms with Gasteiger partial charge in [0.15, 0.2) is 0 Å². The summed E-state index contributed by atoms with van der Waals surface area (Å²) in [5.41, 5.74) is 2.84. The van der Waals surface area contributed by atoms with Gasteiger partial charge in [0.25, 0.3) is 0 Å². The molecule has 0 aromatic heterocycles. The molecule has 5 heteroatoms. The Kier molecular flexibility index (Phi) is 4.32. The number of allylic oxidation sites excluding steroid dienone is 3. The molecule has 2 N–H and O–H groups in total. The van der Waals surface area contributed by atoms with Crippen LogP contribution in [0.25, 0.3) is 0 Å². The average molecular weight is 316 g/mol. The van der Waals surface area contributed by atoms with Crippen molar-refractivity contribution in [1.29, 1.82) is 0 Å². The minimum Gasteiger partial charge on any atom is -0.508 e. The second-order valence-corrected chi connectivity index (χ2v) is 5.76. The van der Waals surface area contributed by atoms with Crippen LogP contribution in [-0.2, 0) is 16.0 Å². The zero-order valence-corrected chi connectivity index (χ0v) is 13.9. The summed E-state index contributed by atoms with van der Waals surface area (Å²) in [7, 11) is 1.50. The molecule has 1 aliphatic rings. The molecule has 0 unspecified atom stereocenters. The van der Waals surface area contributed by atoms with Gasteiger partial charge in [-0.1, -0.05) is 0 Å². The minimum atomic E-state index is -0.672. The molecule has 0 radical (unpaired) electrons. The van der Waals surface area contributed by atoms with Gasteiger partial charge in [0.1, 0.15) is 17.3 Å². The van der Waals surface area contributed by atoms with Crippen LogP contribution in [0, 0.1) is 13.8 Å². The summed E-state index contributed by atoms with van der Waals surface area (Å²) < 4.78 is 5.39. The Morgan fingerprint density at radius 3 is 2.13 bits per heavy atom. The maximum atomic E-state index is 12.0. The zero-order chi connectivity index (χ0) is 17.5. The van der Waals surface area contributed by atoms with E-state index in [0.717, 1.165) is 11.1 Å². The van der Waals surface area contributed by atoms with Gasteiger partial charge in [0, 0.05) is 34.3 Å². The molecule has 0 fully saturated rings. The van der Waals surface area contributed by atoms with Gasteiger partial charge >= 0.3 is 0 Å². The first-order chi connectivity index (χ1) is 10.7. The summed E-state index contributed by atoms with van der Waals surface area (Å²) in [5, 5.41) is 20.2. The number of carbonyl (C=O) groups excluding carboxylic acids is 2. The van der Waals surface area contributed by atoms with Gasteiger partial charge in [0.2, 0.25) is 11.6 Å². The fraction of sp³-hybridized carbons (Fsp3) is 0.333. The number of aliphatic hydroxyl groups excluding tert-OH is 1. The molecule has 1 aromatic rings. The van der Waals surface area contributed by atoms with Crippen LogP contribution in [0.3, 0.4) is 0 Å². The number of phenolic OH excluding ortho intramolecular Hbond substituents is 1. The molecule has 0 aliphatic heterocycles. The number of methoxy groups -OCH3 is 1. The van der Waals surface area contributed by atoms with Crippen LogP contribution in [0.2, 0.25) is 0 Å². The van der Waals surface area contributed by atoms with Crippen molar-refractivity contribution in [2.45, 2.75) is 34.1 Å². The second-order valence-electron chi connectivity index (χ2n) is 5.76. The Bertz CT molecular complexity index is 781. The van der Waals surface area contributed by atoms with Crippen LogP contribution in [0.15, 0.2) is 28.5 Å². The second kappa shape index (κ2) is 5.91. The molecule has 0 amide bonds. The van der Waals surface area contributed by atoms with Gasteiger partial charge in [-0.15, -0.1) is 0 Å². The van der Waals surface area contributed by atoms with Crippen molar-refractivity contribution in [3.8, 4) is 11.5 Å². The third-order valence-corrected chi connectivity index (χ3v) is 4.37. The van der Waals surface area contributed by atoms with Crippen LogP contribution in [-0.4, -0.2) is 28.9 Å². The number of phenols is 1. The molecular formula is C18H20O5. The number of hydrogen-bond donors (Lipinski definition) is 2. The Balaban J connectivity index is 2.62. The highest BCUT2D eigenvalue weighted by atomic mass is 16.5. The maximum Gasteiger partial charge on any atom is 0.232 e. The monoisotopic (exact) mass is 316 g/mol. The van der Waals surface area contributed by atoms with E-state index in [0.29, 0.717) is 16.9 Å². The number of aryl methyl sites for hydroxylation is 1. The fourth-order valence-corrected chi connectivity index (χ4v) is 2.80. The number of ether oxygens (including phenoxy) is 1. The molecule has 0 saturated carbocycles. The van der Waals surface area contributed by atoms with Crippen LogP contribution in [0.5, 0.6) is 11.5 Å². The summed E-state index contributed by atoms with van der Waals surface area (Å²) in [6.07, 6.45) is 0.240. The summed E-state index contributed by atoms with van der Waals surface area (Å²) in [5.74, 6) is -0.784. The lowest BCUT2D eigenvalue weighted by molar-refractivity contribution is -0.132. The molecular weight excluding hydrogens is 296 g/mol. The highest BCUT2D eigenvalue weighted by molar-refractivity contribution is 6.50. The minimum absolute atomic E-state index is 0.0581. The van der Waals surface area contributed by atoms with Crippen molar-refractivity contribution in [2.75, 3.05) is 7.11 Å². The summed E-state index contributed by atoms with van der Waals surface area (Å²) in [6.45, 7) is 6.52. The predicted molar refractivity (Wildman–Crippen MR) is 85.9 cm³/mol. The molecule has 1 aliphatic carbocycles. The number of Topliss-reactive ketones (excluding diaryl/α,β-unsaturated/α-hetero) is 2. The third-order valence-electron chi connectivity index (χ3n) is 4.37. The molecule has 0 saturated heterocycles. The Labute approximate surface area is 134 Å². The van der Waals surface area contributed by atoms with Crippen LogP contribution < -0.4 is 4.74 Å². The normalized spacial score (nSPS) is 15.5. The number of hydrogen-bond acceptors (Lipinski definition) is 5. The summed E-state index contributed by atoms with van der Waals surface area (Å²) >= 11 is 0. The SMILES string of the molecule is COc1c(C)c(O)cc(C)c1CC1=C(C)C(=O)C(=O)C(C)=C1O. The standard InChI is InChI=1S/C18H20O5/c1-8-6-14(19)10(3)18(23-5)12(8)7-13-9(2)16(21)17(22)11(4)15(13)20/h6,19-20H,7H2,1-5H3. The fourth-order valence-electron chi connectivity index (χ4n) is 2.80. The van der Waals surface area contributed by atoms with E-state index in [2.05, 4.69) is 0 Å². The molecule has 0 bridgehead atoms. The molecule has 5 nitrogen and oxygen atoms in total. The number of aromatic hydroxyl groups is 1. The molecule has 23 heavy (non-hydrogen) atoms. The van der Waals surface area contributed by atoms with E-state index in [-0.39, 0.29) is 29.1 Å². The highest BCUT2D eigenvalue weighted by Gasteiger charge is 2.31. The van der Waals surface area contributed by atoms with Crippen LogP contribution in [0.4, 0.5) is 0 Å². The number of benzene rings is 1. The average Bonchev–Trinajstić information content (AvgIpc) is 2.52. The molecule has 2 rings (SSSR count). The largest absolute Gasteiger partial charge is 0.508 e. The molecule has 0 spiro atoms. The topological polar surface area (TPSA) is 83.8 Å². The van der Waals surface area contributed by atoms with Gasteiger partial charge in [-0.05, 0) is 39.3 Å². The predicted octanol–water partition coefficient (Wildman–Crippen LogP) is 2.86. The van der Waals surface area contributed by atoms with Crippen LogP contribution >= 0.6 is 0 Å². The third kappa shape index (κ3) is 2.63. The quantitative estimate of drug-likeness (QED) is 0.662. The molecule has 0 heterocycles. The van der Waals surface area contributed by atoms with E-state index in [1.807, 2.05) is 6.92 Å². The number of aliphatic hydroxyl groups is 1. The Hall–Kier alpha value is -2.56. The van der Waals surface area contributed by atoms with Gasteiger partial charge in [-0.3, -0.25) is 9.59 Å². The lowest BCUT2D eigenvalue weighted by atomic mass is 9.85. The first kappa shape index (κ1) is 16.8. The lowest BCUT2D eigenvalue weighted by Crippen LogP contribution is -2.24. The molecule has 0 atom stereocenters. The van der Waals surface area contributed by atoms with Gasteiger partial charge in [-0.2, -0.15) is 0 Å². The first-order valence-corrected chi connectivity index (χ1v) is 7.25. The van der Waals surface area contributed by atoms with Crippen molar-refractivity contribution < 1.29 is 24.5 Å². The maximum absolute atomic E-state index is 12.0. The number of ketones is 2. The van der Waals surface area contributed by atoms with Crippen molar-refractivity contribution >= 4 is 11.6 Å². The van der Waals surface area contributed by atoms with E-state index in [1.54, 1.807) is 13.0 Å². The highest BCUT2D eigenvalue weighted by Crippen LogP contribution is 2.37. The van der Waals surface area contributed by atoms with E-state index < -0.39 is 11.6 Å². The van der Waals surface area contributed by atoms with Crippen molar-refractivity contribution in [3.05, 3.63) is 45.2 Å². The zero-order valence-electron chi connectivity index (χ0n) is 13.9. The number of carbonyl (C=O) groups is 2. The smallest absolute Gasteiger partial charge is 0.232 e. The first-order valence-electron chi connectivity index (χ1n) is 7.25. The van der Waals surface area contributed by atoms with Crippen molar-refractivity contribution in [2.24, 2.45) is 0 Å². The molecule has 1 aromatic carbocycles. The van der Waals surface area contributed by atoms with Gasteiger partial charge in [-0.25, -0.2) is 0 Å². The summed E-state index contributed by atoms with van der Waals surface area (Å²) in [4.78, 5) is 23.8. The van der Waals surface area contributed by atoms with Gasteiger partial charge in [0.05, 0.1) is 7.11 Å². The van der Waals surface area contributed by atoms with Crippen molar-refractivity contribution in [3.63, 3.8) is 0 Å². The van der Waals surface area contributed by atoms with E-state index in [4.69, 9.17) is 4.74 Å². The molecule has 122 valence electrons. The lowest BCUT2D eigenvalue weighted by Gasteiger charge is -2.21. The number of rotatable bonds is 3. The van der Waals surface area contributed by atoms with E-state index in [1.165, 1.54) is 21.0 Å². The summed E-state index contributed by atoms with van der Waals surface area (Å²) in [6, 6.07) is 1.62. The van der Waals surface area contributed by atoms with E-state index in [9.17, 15) is 19.8 Å². The van der Waals surface area contributed by atoms with E-state index >= 15 is 0 Å². The van der Waals surface area contributed by atoms with Gasteiger partial charge < -0.3 is 14.9 Å². The Morgan fingerprint density at radius 1 is 1.00 bits per heavy atom. The Morgan fingerprint density at radius 2 is 1.57 bits per heavy atom.